The Morgan fingerprint density at radius 1 is 1.21 bits per heavy atom. The normalized spacial score (nSPS) is 18.1. The van der Waals surface area contributed by atoms with Crippen molar-refractivity contribution in [2.75, 3.05) is 6.54 Å². The quantitative estimate of drug-likeness (QED) is 0.840. The van der Waals surface area contributed by atoms with Crippen LogP contribution in [0.15, 0.2) is 47.4 Å². The summed E-state index contributed by atoms with van der Waals surface area (Å²) in [6.07, 6.45) is 3.24. The monoisotopic (exact) mass is 392 g/mol. The van der Waals surface area contributed by atoms with Gasteiger partial charge in [0.1, 0.15) is 0 Å². The van der Waals surface area contributed by atoms with E-state index >= 15 is 0 Å². The van der Waals surface area contributed by atoms with E-state index in [1.807, 2.05) is 56.0 Å². The standard InChI is InChI=1S/C23H28N4O2/c1-16(27-12-10-20(25-22(27)29)14-23(2,3)15-24)17-5-7-18(8-6-17)19-9-11-26(4)21(28)13-19/h5-9,11,13,16,20H,10,12,14H2,1-4H3,(H,25,29). The molecule has 1 aliphatic heterocycles. The van der Waals surface area contributed by atoms with Crippen LogP contribution >= 0.6 is 0 Å². The molecule has 6 nitrogen and oxygen atoms in total. The van der Waals surface area contributed by atoms with Gasteiger partial charge in [0.2, 0.25) is 0 Å². The van der Waals surface area contributed by atoms with Gasteiger partial charge in [0, 0.05) is 31.9 Å². The Morgan fingerprint density at radius 3 is 2.48 bits per heavy atom. The lowest BCUT2D eigenvalue weighted by Crippen LogP contribution is -2.53. The molecule has 1 aliphatic rings. The van der Waals surface area contributed by atoms with Gasteiger partial charge in [-0.25, -0.2) is 4.79 Å². The molecule has 1 fully saturated rings. The summed E-state index contributed by atoms with van der Waals surface area (Å²) < 4.78 is 1.54. The molecule has 0 bridgehead atoms. The average molecular weight is 393 g/mol. The number of rotatable bonds is 5. The molecule has 3 rings (SSSR count). The van der Waals surface area contributed by atoms with Gasteiger partial charge in [-0.3, -0.25) is 4.79 Å². The largest absolute Gasteiger partial charge is 0.335 e. The van der Waals surface area contributed by atoms with E-state index in [4.69, 9.17) is 0 Å². The number of carbonyl (C=O) groups is 1. The van der Waals surface area contributed by atoms with Gasteiger partial charge in [0.25, 0.3) is 5.56 Å². The van der Waals surface area contributed by atoms with Crippen molar-refractivity contribution in [1.29, 1.82) is 5.26 Å². The first kappa shape index (κ1) is 20.7. The molecule has 1 aromatic carbocycles. The van der Waals surface area contributed by atoms with Crippen LogP contribution < -0.4 is 10.9 Å². The smallest absolute Gasteiger partial charge is 0.318 e. The van der Waals surface area contributed by atoms with E-state index in [2.05, 4.69) is 11.4 Å². The number of nitrogens with zero attached hydrogens (tertiary/aromatic N) is 3. The first-order valence-electron chi connectivity index (χ1n) is 9.95. The van der Waals surface area contributed by atoms with Crippen LogP contribution in [-0.4, -0.2) is 28.1 Å². The molecule has 6 heteroatoms. The molecule has 0 spiro atoms. The average Bonchev–Trinajstić information content (AvgIpc) is 2.69. The molecule has 1 aromatic heterocycles. The third kappa shape index (κ3) is 4.68. The van der Waals surface area contributed by atoms with Crippen molar-refractivity contribution in [2.24, 2.45) is 12.5 Å². The third-order valence-corrected chi connectivity index (χ3v) is 5.66. The van der Waals surface area contributed by atoms with Crippen molar-refractivity contribution >= 4 is 6.03 Å². The summed E-state index contributed by atoms with van der Waals surface area (Å²) in [6.45, 7) is 6.48. The van der Waals surface area contributed by atoms with E-state index in [-0.39, 0.29) is 23.7 Å². The Kier molecular flexibility index (Phi) is 5.78. The van der Waals surface area contributed by atoms with E-state index < -0.39 is 5.41 Å². The van der Waals surface area contributed by atoms with Crippen molar-refractivity contribution in [1.82, 2.24) is 14.8 Å². The second-order valence-corrected chi connectivity index (χ2v) is 8.49. The molecule has 2 atom stereocenters. The number of aromatic nitrogens is 1. The van der Waals surface area contributed by atoms with Crippen LogP contribution in [0.1, 0.15) is 45.2 Å². The van der Waals surface area contributed by atoms with E-state index in [0.29, 0.717) is 13.0 Å². The summed E-state index contributed by atoms with van der Waals surface area (Å²) in [4.78, 5) is 26.3. The summed E-state index contributed by atoms with van der Waals surface area (Å²) in [5, 5.41) is 12.3. The zero-order valence-corrected chi connectivity index (χ0v) is 17.5. The maximum Gasteiger partial charge on any atom is 0.318 e. The minimum atomic E-state index is -0.444. The number of nitriles is 1. The lowest BCUT2D eigenvalue weighted by atomic mass is 9.85. The van der Waals surface area contributed by atoms with Gasteiger partial charge in [0.15, 0.2) is 0 Å². The van der Waals surface area contributed by atoms with Gasteiger partial charge < -0.3 is 14.8 Å². The molecule has 2 amide bonds. The van der Waals surface area contributed by atoms with Gasteiger partial charge in [-0.1, -0.05) is 24.3 Å². The molecule has 1 saturated heterocycles. The van der Waals surface area contributed by atoms with Gasteiger partial charge in [-0.2, -0.15) is 5.26 Å². The summed E-state index contributed by atoms with van der Waals surface area (Å²) in [5.41, 5.74) is 2.41. The SMILES string of the molecule is CC(c1ccc(-c2ccn(C)c(=O)c2)cc1)N1CCC(CC(C)(C)C#N)NC1=O. The molecule has 0 saturated carbocycles. The van der Waals surface area contributed by atoms with Crippen molar-refractivity contribution in [3.8, 4) is 17.2 Å². The Morgan fingerprint density at radius 2 is 1.90 bits per heavy atom. The Balaban J connectivity index is 1.68. The molecular weight excluding hydrogens is 364 g/mol. The minimum absolute atomic E-state index is 0.0312. The van der Waals surface area contributed by atoms with Crippen LogP contribution in [0, 0.1) is 16.7 Å². The molecule has 29 heavy (non-hydrogen) atoms. The maximum atomic E-state index is 12.6. The molecule has 2 heterocycles. The fourth-order valence-corrected chi connectivity index (χ4v) is 3.77. The number of amides is 2. The second kappa shape index (κ2) is 8.12. The fourth-order valence-electron chi connectivity index (χ4n) is 3.77. The van der Waals surface area contributed by atoms with Crippen LogP contribution in [-0.2, 0) is 7.05 Å². The Hall–Kier alpha value is -3.07. The lowest BCUT2D eigenvalue weighted by Gasteiger charge is -2.38. The highest BCUT2D eigenvalue weighted by Crippen LogP contribution is 2.29. The number of hydrogen-bond donors (Lipinski definition) is 1. The van der Waals surface area contributed by atoms with Crippen molar-refractivity contribution in [3.05, 3.63) is 58.5 Å². The zero-order chi connectivity index (χ0) is 21.2. The van der Waals surface area contributed by atoms with Gasteiger partial charge in [0.05, 0.1) is 17.5 Å². The molecule has 152 valence electrons. The first-order chi connectivity index (χ1) is 13.7. The fraction of sp³-hybridized carbons (Fsp3) is 0.435. The molecule has 2 unspecified atom stereocenters. The molecule has 2 aromatic rings. The number of urea groups is 1. The third-order valence-electron chi connectivity index (χ3n) is 5.66. The van der Waals surface area contributed by atoms with Crippen molar-refractivity contribution in [3.63, 3.8) is 0 Å². The summed E-state index contributed by atoms with van der Waals surface area (Å²) in [6, 6.07) is 13.7. The summed E-state index contributed by atoms with van der Waals surface area (Å²) in [5.74, 6) is 0. The number of nitrogens with one attached hydrogen (secondary N) is 1. The van der Waals surface area contributed by atoms with E-state index in [0.717, 1.165) is 23.1 Å². The van der Waals surface area contributed by atoms with E-state index in [1.165, 1.54) is 0 Å². The summed E-state index contributed by atoms with van der Waals surface area (Å²) >= 11 is 0. The number of benzene rings is 1. The van der Waals surface area contributed by atoms with Crippen LogP contribution in [0.2, 0.25) is 0 Å². The highest BCUT2D eigenvalue weighted by atomic mass is 16.2. The van der Waals surface area contributed by atoms with Crippen LogP contribution in [0.5, 0.6) is 0 Å². The van der Waals surface area contributed by atoms with Crippen molar-refractivity contribution in [2.45, 2.75) is 45.7 Å². The Bertz CT molecular complexity index is 985. The molecule has 0 aliphatic carbocycles. The van der Waals surface area contributed by atoms with Crippen LogP contribution in [0.4, 0.5) is 4.79 Å². The second-order valence-electron chi connectivity index (χ2n) is 8.49. The Labute approximate surface area is 171 Å². The maximum absolute atomic E-state index is 12.6. The minimum Gasteiger partial charge on any atom is -0.335 e. The predicted molar refractivity (Wildman–Crippen MR) is 113 cm³/mol. The molecular formula is C23H28N4O2. The van der Waals surface area contributed by atoms with E-state index in [1.54, 1.807) is 23.9 Å². The predicted octanol–water partition coefficient (Wildman–Crippen LogP) is 3.84. The van der Waals surface area contributed by atoms with Crippen molar-refractivity contribution < 1.29 is 4.79 Å². The number of aryl methyl sites for hydroxylation is 1. The molecule has 0 radical (unpaired) electrons. The topological polar surface area (TPSA) is 78.1 Å². The number of hydrogen-bond acceptors (Lipinski definition) is 3. The van der Waals surface area contributed by atoms with Crippen LogP contribution in [0.25, 0.3) is 11.1 Å². The number of carbonyl (C=O) groups excluding carboxylic acids is 1. The van der Waals surface area contributed by atoms with Crippen LogP contribution in [0.3, 0.4) is 0 Å². The molecule has 1 N–H and O–H groups in total. The highest BCUT2D eigenvalue weighted by Gasteiger charge is 2.32. The number of pyridine rings is 1. The van der Waals surface area contributed by atoms with Gasteiger partial charge >= 0.3 is 6.03 Å². The zero-order valence-electron chi connectivity index (χ0n) is 17.5. The first-order valence-corrected chi connectivity index (χ1v) is 9.95. The van der Waals surface area contributed by atoms with E-state index in [9.17, 15) is 14.9 Å². The van der Waals surface area contributed by atoms with Gasteiger partial charge in [-0.05, 0) is 56.4 Å². The van der Waals surface area contributed by atoms with Gasteiger partial charge in [-0.15, -0.1) is 0 Å². The lowest BCUT2D eigenvalue weighted by molar-refractivity contribution is 0.147. The highest BCUT2D eigenvalue weighted by molar-refractivity contribution is 5.76. The summed E-state index contributed by atoms with van der Waals surface area (Å²) in [7, 11) is 1.73.